The zero-order chi connectivity index (χ0) is 20.7. The Bertz CT molecular complexity index is 891. The van der Waals surface area contributed by atoms with E-state index in [4.69, 9.17) is 4.74 Å². The van der Waals surface area contributed by atoms with Gasteiger partial charge in [0.15, 0.2) is 0 Å². The maximum Gasteiger partial charge on any atom is 0.329 e. The van der Waals surface area contributed by atoms with Gasteiger partial charge in [0.1, 0.15) is 12.6 Å². The second-order valence-electron chi connectivity index (χ2n) is 7.35. The van der Waals surface area contributed by atoms with Gasteiger partial charge in [0.2, 0.25) is 11.8 Å². The fourth-order valence-electron chi connectivity index (χ4n) is 4.11. The molecular formula is C21H20N2O6. The first-order chi connectivity index (χ1) is 13.9. The number of carbonyl (C=O) groups is 5. The molecule has 150 valence electrons. The Hall–Kier alpha value is -3.29. The third-order valence-corrected chi connectivity index (χ3v) is 5.71. The maximum absolute atomic E-state index is 12.6. The molecule has 1 saturated heterocycles. The molecule has 1 fully saturated rings. The van der Waals surface area contributed by atoms with Gasteiger partial charge in [-0.2, -0.15) is 0 Å². The number of hydrogen-bond acceptors (Lipinski definition) is 6. The number of ether oxygens (including phenoxy) is 1. The quantitative estimate of drug-likeness (QED) is 0.421. The van der Waals surface area contributed by atoms with Crippen LogP contribution in [0, 0.1) is 11.8 Å². The van der Waals surface area contributed by atoms with Crippen LogP contribution in [0.25, 0.3) is 0 Å². The van der Waals surface area contributed by atoms with Crippen LogP contribution in [0.1, 0.15) is 40.5 Å². The van der Waals surface area contributed by atoms with Gasteiger partial charge in [0.05, 0.1) is 29.5 Å². The minimum atomic E-state index is -1.05. The van der Waals surface area contributed by atoms with E-state index < -0.39 is 35.7 Å². The molecule has 0 N–H and O–H groups in total. The summed E-state index contributed by atoms with van der Waals surface area (Å²) >= 11 is 0. The van der Waals surface area contributed by atoms with Gasteiger partial charge in [0.25, 0.3) is 11.8 Å². The average molecular weight is 396 g/mol. The number of carbonyl (C=O) groups excluding carboxylic acids is 5. The molecule has 0 radical (unpaired) electrons. The predicted octanol–water partition coefficient (Wildman–Crippen LogP) is 1.17. The average Bonchev–Trinajstić information content (AvgIpc) is 3.13. The summed E-state index contributed by atoms with van der Waals surface area (Å²) in [7, 11) is 0. The maximum atomic E-state index is 12.6. The predicted molar refractivity (Wildman–Crippen MR) is 99.4 cm³/mol. The summed E-state index contributed by atoms with van der Waals surface area (Å²) in [5.74, 6) is -3.15. The van der Waals surface area contributed by atoms with Crippen molar-refractivity contribution in [3.05, 3.63) is 47.5 Å². The van der Waals surface area contributed by atoms with Crippen LogP contribution in [0.2, 0.25) is 0 Å². The summed E-state index contributed by atoms with van der Waals surface area (Å²) in [5, 5.41) is 0. The van der Waals surface area contributed by atoms with Gasteiger partial charge in [0, 0.05) is 0 Å². The van der Waals surface area contributed by atoms with Crippen LogP contribution >= 0.6 is 0 Å². The van der Waals surface area contributed by atoms with Crippen molar-refractivity contribution in [2.45, 2.75) is 25.8 Å². The highest BCUT2D eigenvalue weighted by Gasteiger charge is 2.50. The van der Waals surface area contributed by atoms with Crippen molar-refractivity contribution in [3.8, 4) is 0 Å². The Morgan fingerprint density at radius 1 is 1.00 bits per heavy atom. The lowest BCUT2D eigenvalue weighted by Gasteiger charge is -2.22. The number of imide groups is 2. The van der Waals surface area contributed by atoms with Crippen LogP contribution in [0.4, 0.5) is 0 Å². The molecule has 0 spiro atoms. The van der Waals surface area contributed by atoms with E-state index >= 15 is 0 Å². The number of esters is 1. The van der Waals surface area contributed by atoms with Crippen molar-refractivity contribution in [2.75, 3.05) is 13.2 Å². The fraction of sp³-hybridized carbons (Fsp3) is 0.381. The minimum absolute atomic E-state index is 0.0954. The molecule has 3 aliphatic rings. The molecule has 1 aromatic rings. The number of amides is 4. The van der Waals surface area contributed by atoms with Crippen molar-refractivity contribution in [1.82, 2.24) is 9.80 Å². The summed E-state index contributed by atoms with van der Waals surface area (Å²) in [6.07, 6.45) is 4.74. The van der Waals surface area contributed by atoms with Gasteiger partial charge in [-0.1, -0.05) is 24.3 Å². The topological polar surface area (TPSA) is 101 Å². The SMILES string of the molecule is C[C@@H](C(=O)OCCN1C(=O)c2ccccc2C1=O)N1C(=O)[C@H]2CC=CC[C@@H]2C1=O. The molecule has 2 heterocycles. The molecule has 4 rings (SSSR count). The molecule has 0 bridgehead atoms. The third kappa shape index (κ3) is 3.04. The molecule has 2 aliphatic heterocycles. The zero-order valence-electron chi connectivity index (χ0n) is 15.9. The number of fused-ring (bicyclic) bond motifs is 2. The lowest BCUT2D eigenvalue weighted by Crippen LogP contribution is -2.45. The molecule has 8 nitrogen and oxygen atoms in total. The van der Waals surface area contributed by atoms with Crippen LogP contribution < -0.4 is 0 Å². The number of likely N-dealkylation sites (tertiary alicyclic amines) is 1. The first-order valence-corrected chi connectivity index (χ1v) is 9.55. The molecule has 0 unspecified atom stereocenters. The minimum Gasteiger partial charge on any atom is -0.462 e. The van der Waals surface area contributed by atoms with E-state index in [0.29, 0.717) is 24.0 Å². The molecule has 1 aliphatic carbocycles. The normalized spacial score (nSPS) is 24.0. The summed E-state index contributed by atoms with van der Waals surface area (Å²) in [4.78, 5) is 64.2. The summed E-state index contributed by atoms with van der Waals surface area (Å²) in [5.41, 5.74) is 0.642. The zero-order valence-corrected chi connectivity index (χ0v) is 15.9. The summed E-state index contributed by atoms with van der Waals surface area (Å²) in [6.45, 7) is 1.14. The van der Waals surface area contributed by atoms with Gasteiger partial charge in [-0.3, -0.25) is 29.0 Å². The number of hydrogen-bond donors (Lipinski definition) is 0. The molecule has 8 heteroatoms. The molecule has 4 amide bonds. The van der Waals surface area contributed by atoms with Crippen LogP contribution in [-0.4, -0.2) is 58.6 Å². The molecule has 3 atom stereocenters. The van der Waals surface area contributed by atoms with E-state index in [-0.39, 0.29) is 25.0 Å². The second kappa shape index (κ2) is 7.27. The van der Waals surface area contributed by atoms with Gasteiger partial charge in [-0.15, -0.1) is 0 Å². The first-order valence-electron chi connectivity index (χ1n) is 9.55. The highest BCUT2D eigenvalue weighted by atomic mass is 16.5. The van der Waals surface area contributed by atoms with E-state index in [1.807, 2.05) is 12.2 Å². The van der Waals surface area contributed by atoms with Gasteiger partial charge in [-0.25, -0.2) is 4.79 Å². The monoisotopic (exact) mass is 396 g/mol. The second-order valence-corrected chi connectivity index (χ2v) is 7.35. The molecule has 1 aromatic carbocycles. The molecule has 29 heavy (non-hydrogen) atoms. The Balaban J connectivity index is 1.35. The lowest BCUT2D eigenvalue weighted by atomic mass is 9.85. The van der Waals surface area contributed by atoms with Gasteiger partial charge >= 0.3 is 5.97 Å². The van der Waals surface area contributed by atoms with Gasteiger partial charge < -0.3 is 4.74 Å². The number of benzene rings is 1. The molecule has 0 saturated carbocycles. The Morgan fingerprint density at radius 2 is 1.52 bits per heavy atom. The van der Waals surface area contributed by atoms with Crippen molar-refractivity contribution >= 4 is 29.6 Å². The fourth-order valence-corrected chi connectivity index (χ4v) is 4.11. The van der Waals surface area contributed by atoms with E-state index in [1.165, 1.54) is 6.92 Å². The van der Waals surface area contributed by atoms with Crippen LogP contribution in [0.5, 0.6) is 0 Å². The third-order valence-electron chi connectivity index (χ3n) is 5.71. The van der Waals surface area contributed by atoms with Crippen molar-refractivity contribution in [2.24, 2.45) is 11.8 Å². The smallest absolute Gasteiger partial charge is 0.329 e. The Morgan fingerprint density at radius 3 is 2.03 bits per heavy atom. The standard InChI is InChI=1S/C21H20N2O6/c1-12(23-19(26)15-8-4-5-9-16(15)20(23)27)21(28)29-11-10-22-17(24)13-6-2-3-7-14(13)18(22)25/h2-7,12,15-16H,8-11H2,1H3/t12-,15-,16-/m0/s1. The van der Waals surface area contributed by atoms with E-state index in [2.05, 4.69) is 0 Å². The van der Waals surface area contributed by atoms with Crippen LogP contribution in [-0.2, 0) is 19.1 Å². The number of allylic oxidation sites excluding steroid dienone is 2. The highest BCUT2D eigenvalue weighted by molar-refractivity contribution is 6.21. The van der Waals surface area contributed by atoms with Crippen LogP contribution in [0.3, 0.4) is 0 Å². The van der Waals surface area contributed by atoms with E-state index in [1.54, 1.807) is 24.3 Å². The lowest BCUT2D eigenvalue weighted by molar-refractivity contribution is -0.158. The molecular weight excluding hydrogens is 376 g/mol. The van der Waals surface area contributed by atoms with E-state index in [9.17, 15) is 24.0 Å². The van der Waals surface area contributed by atoms with Crippen molar-refractivity contribution in [3.63, 3.8) is 0 Å². The summed E-state index contributed by atoms with van der Waals surface area (Å²) < 4.78 is 5.18. The largest absolute Gasteiger partial charge is 0.462 e. The van der Waals surface area contributed by atoms with Crippen molar-refractivity contribution in [1.29, 1.82) is 0 Å². The number of rotatable bonds is 5. The highest BCUT2D eigenvalue weighted by Crippen LogP contribution is 2.36. The molecule has 0 aromatic heterocycles. The first kappa shape index (κ1) is 19.0. The number of nitrogens with zero attached hydrogens (tertiary/aromatic N) is 2. The van der Waals surface area contributed by atoms with Gasteiger partial charge in [-0.05, 0) is 31.9 Å². The van der Waals surface area contributed by atoms with E-state index in [0.717, 1.165) is 9.80 Å². The van der Waals surface area contributed by atoms with Crippen molar-refractivity contribution < 1.29 is 28.7 Å². The Kier molecular flexibility index (Phi) is 4.77. The summed E-state index contributed by atoms with van der Waals surface area (Å²) in [6, 6.07) is 5.44. The van der Waals surface area contributed by atoms with Crippen LogP contribution in [0.15, 0.2) is 36.4 Å². The Labute approximate surface area is 167 Å².